The summed E-state index contributed by atoms with van der Waals surface area (Å²) in [7, 11) is 0. The van der Waals surface area contributed by atoms with E-state index in [4.69, 9.17) is 10.5 Å². The molecular formula is C11H13N3O2S. The van der Waals surface area contributed by atoms with Crippen molar-refractivity contribution < 1.29 is 9.53 Å². The van der Waals surface area contributed by atoms with Crippen molar-refractivity contribution >= 4 is 22.9 Å². The maximum absolute atomic E-state index is 11.4. The van der Waals surface area contributed by atoms with Crippen molar-refractivity contribution in [2.24, 2.45) is 5.73 Å². The smallest absolute Gasteiger partial charge is 0.369 e. The maximum atomic E-state index is 11.4. The number of carbonyl (C=O) groups is 1. The Morgan fingerprint density at radius 3 is 2.82 bits per heavy atom. The van der Waals surface area contributed by atoms with Gasteiger partial charge in [-0.25, -0.2) is 4.79 Å². The number of carbonyl (C=O) groups excluding carboxylic acids is 1. The third-order valence-corrected chi connectivity index (χ3v) is 2.68. The van der Waals surface area contributed by atoms with Crippen LogP contribution < -0.4 is 5.73 Å². The number of aromatic nitrogens is 2. The van der Waals surface area contributed by atoms with E-state index < -0.39 is 5.97 Å². The second kappa shape index (κ2) is 6.59. The molecule has 0 aromatic carbocycles. The summed E-state index contributed by atoms with van der Waals surface area (Å²) >= 11 is 1.15. The highest BCUT2D eigenvalue weighted by atomic mass is 32.1. The molecule has 0 bridgehead atoms. The van der Waals surface area contributed by atoms with E-state index in [0.29, 0.717) is 11.6 Å². The first-order chi connectivity index (χ1) is 8.22. The van der Waals surface area contributed by atoms with Gasteiger partial charge in [-0.2, -0.15) is 0 Å². The van der Waals surface area contributed by atoms with Crippen molar-refractivity contribution in [2.75, 3.05) is 6.61 Å². The van der Waals surface area contributed by atoms with Crippen LogP contribution in [0, 0.1) is 0 Å². The van der Waals surface area contributed by atoms with Gasteiger partial charge < -0.3 is 10.5 Å². The molecule has 1 aromatic rings. The third kappa shape index (κ3) is 3.53. The van der Waals surface area contributed by atoms with Gasteiger partial charge in [-0.1, -0.05) is 30.1 Å². The van der Waals surface area contributed by atoms with Crippen molar-refractivity contribution in [3.63, 3.8) is 0 Å². The van der Waals surface area contributed by atoms with Gasteiger partial charge in [0.05, 0.1) is 6.61 Å². The zero-order valence-electron chi connectivity index (χ0n) is 9.42. The van der Waals surface area contributed by atoms with Gasteiger partial charge in [0.25, 0.3) is 0 Å². The van der Waals surface area contributed by atoms with Gasteiger partial charge in [-0.15, -0.1) is 10.2 Å². The lowest BCUT2D eigenvalue weighted by Crippen LogP contribution is -2.03. The SMILES string of the molecule is C=C/C(=C\C=C/N)c1nnc(C(=O)OCC)s1. The van der Waals surface area contributed by atoms with E-state index in [2.05, 4.69) is 16.8 Å². The molecule has 6 heteroatoms. The minimum absolute atomic E-state index is 0.228. The number of ether oxygens (including phenoxy) is 1. The highest BCUT2D eigenvalue weighted by Crippen LogP contribution is 2.20. The van der Waals surface area contributed by atoms with Crippen LogP contribution in [0.15, 0.2) is 31.0 Å². The van der Waals surface area contributed by atoms with Gasteiger partial charge in [0, 0.05) is 5.57 Å². The highest BCUT2D eigenvalue weighted by Gasteiger charge is 2.14. The summed E-state index contributed by atoms with van der Waals surface area (Å²) in [6.45, 7) is 5.71. The second-order valence-electron chi connectivity index (χ2n) is 2.84. The zero-order valence-corrected chi connectivity index (χ0v) is 10.2. The number of hydrogen-bond acceptors (Lipinski definition) is 6. The van der Waals surface area contributed by atoms with E-state index in [1.165, 1.54) is 6.20 Å². The van der Waals surface area contributed by atoms with Crippen LogP contribution in [0.1, 0.15) is 21.7 Å². The number of nitrogens with two attached hydrogens (primary N) is 1. The lowest BCUT2D eigenvalue weighted by atomic mass is 10.2. The maximum Gasteiger partial charge on any atom is 0.369 e. The van der Waals surface area contributed by atoms with Crippen LogP contribution in [0.4, 0.5) is 0 Å². The molecule has 0 aliphatic carbocycles. The predicted molar refractivity (Wildman–Crippen MR) is 67.4 cm³/mol. The van der Waals surface area contributed by atoms with Crippen LogP contribution in [-0.2, 0) is 4.74 Å². The van der Waals surface area contributed by atoms with Crippen LogP contribution in [-0.4, -0.2) is 22.8 Å². The first-order valence-electron chi connectivity index (χ1n) is 4.95. The van der Waals surface area contributed by atoms with Crippen LogP contribution >= 0.6 is 11.3 Å². The quantitative estimate of drug-likeness (QED) is 0.637. The fourth-order valence-corrected chi connectivity index (χ4v) is 1.76. The number of rotatable bonds is 5. The lowest BCUT2D eigenvalue weighted by molar-refractivity contribution is 0.0525. The first-order valence-corrected chi connectivity index (χ1v) is 5.76. The molecule has 1 rings (SSSR count). The molecule has 0 unspecified atom stereocenters. The number of allylic oxidation sites excluding steroid dienone is 4. The molecule has 0 atom stereocenters. The fourth-order valence-electron chi connectivity index (χ4n) is 1.00. The van der Waals surface area contributed by atoms with Gasteiger partial charge in [-0.3, -0.25) is 0 Å². The minimum Gasteiger partial charge on any atom is -0.461 e. The van der Waals surface area contributed by atoms with Gasteiger partial charge in [-0.05, 0) is 19.2 Å². The molecular weight excluding hydrogens is 238 g/mol. The van der Waals surface area contributed by atoms with Crippen molar-refractivity contribution in [3.8, 4) is 0 Å². The average Bonchev–Trinajstić information content (AvgIpc) is 2.80. The Bertz CT molecular complexity index is 463. The third-order valence-electron chi connectivity index (χ3n) is 1.73. The Kier molecular flexibility index (Phi) is 5.09. The average molecular weight is 251 g/mol. The molecule has 0 fully saturated rings. The Morgan fingerprint density at radius 2 is 2.24 bits per heavy atom. The lowest BCUT2D eigenvalue weighted by Gasteiger charge is -1.94. The van der Waals surface area contributed by atoms with Crippen LogP contribution in [0.25, 0.3) is 5.57 Å². The molecule has 1 heterocycles. The molecule has 0 saturated heterocycles. The number of hydrogen-bond donors (Lipinski definition) is 1. The number of nitrogens with zero attached hydrogens (tertiary/aromatic N) is 2. The van der Waals surface area contributed by atoms with Crippen LogP contribution in [0.2, 0.25) is 0 Å². The van der Waals surface area contributed by atoms with E-state index in [1.807, 2.05) is 0 Å². The Hall–Kier alpha value is -1.95. The molecule has 0 radical (unpaired) electrons. The van der Waals surface area contributed by atoms with Crippen molar-refractivity contribution in [3.05, 3.63) is 41.0 Å². The van der Waals surface area contributed by atoms with E-state index in [-0.39, 0.29) is 5.01 Å². The van der Waals surface area contributed by atoms with E-state index in [9.17, 15) is 4.79 Å². The van der Waals surface area contributed by atoms with Crippen LogP contribution in [0.3, 0.4) is 0 Å². The summed E-state index contributed by atoms with van der Waals surface area (Å²) in [5, 5.41) is 8.49. The molecule has 1 aromatic heterocycles. The molecule has 0 amide bonds. The normalized spacial score (nSPS) is 11.7. The zero-order chi connectivity index (χ0) is 12.7. The number of esters is 1. The topological polar surface area (TPSA) is 78.1 Å². The van der Waals surface area contributed by atoms with Gasteiger partial charge >= 0.3 is 5.97 Å². The standard InChI is InChI=1S/C11H13N3O2S/c1-3-8(6-5-7-12)9-13-14-10(17-9)11(15)16-4-2/h3,5-7H,1,4,12H2,2H3/b7-5-,8-6+. The van der Waals surface area contributed by atoms with E-state index in [1.54, 1.807) is 25.2 Å². The van der Waals surface area contributed by atoms with Gasteiger partial charge in [0.1, 0.15) is 5.01 Å². The molecule has 2 N–H and O–H groups in total. The van der Waals surface area contributed by atoms with Crippen molar-refractivity contribution in [1.29, 1.82) is 0 Å². The van der Waals surface area contributed by atoms with E-state index in [0.717, 1.165) is 16.9 Å². The summed E-state index contributed by atoms with van der Waals surface area (Å²) < 4.78 is 4.83. The van der Waals surface area contributed by atoms with E-state index >= 15 is 0 Å². The summed E-state index contributed by atoms with van der Waals surface area (Å²) in [5.74, 6) is -0.464. The first kappa shape index (κ1) is 13.1. The fraction of sp³-hybridized carbons (Fsp3) is 0.182. The largest absolute Gasteiger partial charge is 0.461 e. The molecule has 0 saturated carbocycles. The second-order valence-corrected chi connectivity index (χ2v) is 3.82. The molecule has 0 aliphatic rings. The molecule has 0 spiro atoms. The Morgan fingerprint density at radius 1 is 1.53 bits per heavy atom. The van der Waals surface area contributed by atoms with Crippen molar-refractivity contribution in [2.45, 2.75) is 6.92 Å². The molecule has 17 heavy (non-hydrogen) atoms. The predicted octanol–water partition coefficient (Wildman–Crippen LogP) is 1.76. The molecule has 5 nitrogen and oxygen atoms in total. The Balaban J connectivity index is 2.93. The highest BCUT2D eigenvalue weighted by molar-refractivity contribution is 7.14. The van der Waals surface area contributed by atoms with Gasteiger partial charge in [0.2, 0.25) is 5.01 Å². The summed E-state index contributed by atoms with van der Waals surface area (Å²) in [4.78, 5) is 11.4. The monoisotopic (exact) mass is 251 g/mol. The van der Waals surface area contributed by atoms with Crippen LogP contribution in [0.5, 0.6) is 0 Å². The summed E-state index contributed by atoms with van der Waals surface area (Å²) in [6.07, 6.45) is 6.41. The molecule has 0 aliphatic heterocycles. The Labute approximate surface area is 103 Å². The van der Waals surface area contributed by atoms with Crippen molar-refractivity contribution in [1.82, 2.24) is 10.2 Å². The molecule has 90 valence electrons. The summed E-state index contributed by atoms with van der Waals surface area (Å²) in [6, 6.07) is 0. The minimum atomic E-state index is -0.464. The summed E-state index contributed by atoms with van der Waals surface area (Å²) in [5.41, 5.74) is 5.99. The van der Waals surface area contributed by atoms with Gasteiger partial charge in [0.15, 0.2) is 0 Å².